The molecule has 1 aliphatic heterocycles. The van der Waals surface area contributed by atoms with Gasteiger partial charge in [-0.1, -0.05) is 35.3 Å². The van der Waals surface area contributed by atoms with Crippen molar-refractivity contribution in [3.8, 4) is 0 Å². The molecule has 1 saturated heterocycles. The summed E-state index contributed by atoms with van der Waals surface area (Å²) >= 11 is 15.6. The molecule has 132 valence electrons. The summed E-state index contributed by atoms with van der Waals surface area (Å²) in [7, 11) is 0. The number of hydrogen-bond donors (Lipinski definition) is 0. The van der Waals surface area contributed by atoms with Gasteiger partial charge in [0.1, 0.15) is 5.82 Å². The molecular formula is C18H18BrCl2N3O. The summed E-state index contributed by atoms with van der Waals surface area (Å²) in [6, 6.07) is 9.50. The molecule has 0 bridgehead atoms. The van der Waals surface area contributed by atoms with Crippen molar-refractivity contribution in [2.75, 3.05) is 31.1 Å². The molecule has 0 aliphatic carbocycles. The number of pyridine rings is 1. The van der Waals surface area contributed by atoms with Crippen LogP contribution in [0.1, 0.15) is 12.0 Å². The molecule has 1 fully saturated rings. The van der Waals surface area contributed by atoms with Crippen LogP contribution in [0, 0.1) is 0 Å². The molecule has 1 aliphatic rings. The minimum atomic E-state index is 0.152. The Morgan fingerprint density at radius 3 is 2.56 bits per heavy atom. The second-order valence-electron chi connectivity index (χ2n) is 5.92. The van der Waals surface area contributed by atoms with E-state index in [4.69, 9.17) is 23.2 Å². The lowest BCUT2D eigenvalue weighted by Gasteiger charge is -2.35. The molecule has 0 unspecified atom stereocenters. The normalized spacial score (nSPS) is 14.7. The fraction of sp³-hybridized carbons (Fsp3) is 0.333. The van der Waals surface area contributed by atoms with Crippen LogP contribution in [0.2, 0.25) is 10.0 Å². The predicted molar refractivity (Wildman–Crippen MR) is 106 cm³/mol. The number of halogens is 3. The number of aryl methyl sites for hydroxylation is 1. The van der Waals surface area contributed by atoms with Crippen molar-refractivity contribution in [3.63, 3.8) is 0 Å². The first-order chi connectivity index (χ1) is 12.0. The largest absolute Gasteiger partial charge is 0.353 e. The van der Waals surface area contributed by atoms with E-state index in [0.717, 1.165) is 28.9 Å². The summed E-state index contributed by atoms with van der Waals surface area (Å²) in [5, 5.41) is 1.07. The van der Waals surface area contributed by atoms with Crippen LogP contribution in [-0.2, 0) is 11.2 Å². The van der Waals surface area contributed by atoms with E-state index >= 15 is 0 Å². The smallest absolute Gasteiger partial charge is 0.223 e. The first kappa shape index (κ1) is 18.5. The zero-order valence-corrected chi connectivity index (χ0v) is 16.7. The molecule has 0 spiro atoms. The second-order valence-corrected chi connectivity index (χ2v) is 7.62. The topological polar surface area (TPSA) is 36.4 Å². The Kier molecular flexibility index (Phi) is 6.20. The summed E-state index contributed by atoms with van der Waals surface area (Å²) in [5.41, 5.74) is 0.917. The zero-order chi connectivity index (χ0) is 17.8. The van der Waals surface area contributed by atoms with Gasteiger partial charge < -0.3 is 9.80 Å². The van der Waals surface area contributed by atoms with Crippen molar-refractivity contribution in [3.05, 3.63) is 56.6 Å². The van der Waals surface area contributed by atoms with Gasteiger partial charge in [-0.25, -0.2) is 4.98 Å². The van der Waals surface area contributed by atoms with Crippen LogP contribution in [0.4, 0.5) is 5.82 Å². The summed E-state index contributed by atoms with van der Waals surface area (Å²) < 4.78 is 0.963. The number of carbonyl (C=O) groups excluding carboxylic acids is 1. The minimum absolute atomic E-state index is 0.152. The second kappa shape index (κ2) is 8.39. The molecule has 1 aromatic heterocycles. The molecule has 25 heavy (non-hydrogen) atoms. The van der Waals surface area contributed by atoms with Gasteiger partial charge in [-0.05, 0) is 46.1 Å². The number of carbonyl (C=O) groups is 1. The van der Waals surface area contributed by atoms with E-state index in [-0.39, 0.29) is 5.91 Å². The molecule has 7 heteroatoms. The van der Waals surface area contributed by atoms with Crippen molar-refractivity contribution < 1.29 is 4.79 Å². The van der Waals surface area contributed by atoms with E-state index in [9.17, 15) is 4.79 Å². The van der Waals surface area contributed by atoms with Gasteiger partial charge in [-0.15, -0.1) is 0 Å². The number of amides is 1. The Labute approximate surface area is 165 Å². The highest BCUT2D eigenvalue weighted by atomic mass is 79.9. The first-order valence-electron chi connectivity index (χ1n) is 8.12. The lowest BCUT2D eigenvalue weighted by Crippen LogP contribution is -2.49. The highest BCUT2D eigenvalue weighted by Gasteiger charge is 2.21. The van der Waals surface area contributed by atoms with Crippen LogP contribution in [0.5, 0.6) is 0 Å². The number of hydrogen-bond acceptors (Lipinski definition) is 3. The molecule has 0 N–H and O–H groups in total. The molecule has 1 amide bonds. The SMILES string of the molecule is O=C(CCc1cccc(Cl)c1Cl)N1CCN(c2ccc(Br)cn2)CC1. The zero-order valence-electron chi connectivity index (χ0n) is 13.6. The van der Waals surface area contributed by atoms with Gasteiger partial charge in [-0.2, -0.15) is 0 Å². The lowest BCUT2D eigenvalue weighted by molar-refractivity contribution is -0.131. The van der Waals surface area contributed by atoms with E-state index in [1.807, 2.05) is 29.2 Å². The maximum atomic E-state index is 12.5. The summed E-state index contributed by atoms with van der Waals surface area (Å²) in [5.74, 6) is 1.10. The number of piperazine rings is 1. The molecule has 0 radical (unpaired) electrons. The molecule has 1 aromatic carbocycles. The van der Waals surface area contributed by atoms with E-state index in [1.54, 1.807) is 12.3 Å². The first-order valence-corrected chi connectivity index (χ1v) is 9.66. The van der Waals surface area contributed by atoms with Crippen molar-refractivity contribution >= 4 is 50.9 Å². The van der Waals surface area contributed by atoms with Crippen LogP contribution in [-0.4, -0.2) is 42.0 Å². The number of anilines is 1. The number of benzene rings is 1. The standard InChI is InChI=1S/C18H18BrCl2N3O/c19-14-5-6-16(22-12-14)23-8-10-24(11-9-23)17(25)7-4-13-2-1-3-15(20)18(13)21/h1-3,5-6,12H,4,7-11H2. The van der Waals surface area contributed by atoms with Crippen LogP contribution in [0.3, 0.4) is 0 Å². The lowest BCUT2D eigenvalue weighted by atomic mass is 10.1. The fourth-order valence-electron chi connectivity index (χ4n) is 2.88. The molecule has 2 heterocycles. The third-order valence-corrected chi connectivity index (χ3v) is 5.64. The number of nitrogens with zero attached hydrogens (tertiary/aromatic N) is 3. The van der Waals surface area contributed by atoms with E-state index in [1.165, 1.54) is 0 Å². The van der Waals surface area contributed by atoms with Gasteiger partial charge in [-0.3, -0.25) is 4.79 Å². The molecule has 3 rings (SSSR count). The molecule has 0 saturated carbocycles. The van der Waals surface area contributed by atoms with Gasteiger partial charge >= 0.3 is 0 Å². The fourth-order valence-corrected chi connectivity index (χ4v) is 3.53. The Bertz CT molecular complexity index is 746. The number of rotatable bonds is 4. The minimum Gasteiger partial charge on any atom is -0.353 e. The van der Waals surface area contributed by atoms with Crippen LogP contribution >= 0.6 is 39.1 Å². The van der Waals surface area contributed by atoms with Crippen molar-refractivity contribution in [1.29, 1.82) is 0 Å². The Balaban J connectivity index is 1.51. The van der Waals surface area contributed by atoms with Crippen LogP contribution < -0.4 is 4.90 Å². The van der Waals surface area contributed by atoms with E-state index in [0.29, 0.717) is 36.0 Å². The van der Waals surface area contributed by atoms with Gasteiger partial charge in [0.2, 0.25) is 5.91 Å². The Hall–Kier alpha value is -1.30. The number of aromatic nitrogens is 1. The summed E-state index contributed by atoms with van der Waals surface area (Å²) in [6.07, 6.45) is 2.84. The van der Waals surface area contributed by atoms with Gasteiger partial charge in [0.15, 0.2) is 0 Å². The van der Waals surface area contributed by atoms with Crippen molar-refractivity contribution in [2.45, 2.75) is 12.8 Å². The Morgan fingerprint density at radius 1 is 1.12 bits per heavy atom. The highest BCUT2D eigenvalue weighted by molar-refractivity contribution is 9.10. The third-order valence-electron chi connectivity index (χ3n) is 4.31. The monoisotopic (exact) mass is 441 g/mol. The predicted octanol–water partition coefficient (Wildman–Crippen LogP) is 4.43. The van der Waals surface area contributed by atoms with Gasteiger partial charge in [0.25, 0.3) is 0 Å². The quantitative estimate of drug-likeness (QED) is 0.702. The average Bonchev–Trinajstić information content (AvgIpc) is 2.63. The third kappa shape index (κ3) is 4.66. The van der Waals surface area contributed by atoms with Crippen molar-refractivity contribution in [1.82, 2.24) is 9.88 Å². The maximum absolute atomic E-state index is 12.5. The maximum Gasteiger partial charge on any atom is 0.223 e. The van der Waals surface area contributed by atoms with Gasteiger partial charge in [0.05, 0.1) is 10.0 Å². The van der Waals surface area contributed by atoms with E-state index < -0.39 is 0 Å². The molecule has 4 nitrogen and oxygen atoms in total. The summed E-state index contributed by atoms with van der Waals surface area (Å²) in [4.78, 5) is 21.0. The van der Waals surface area contributed by atoms with E-state index in [2.05, 4.69) is 25.8 Å². The highest BCUT2D eigenvalue weighted by Crippen LogP contribution is 2.26. The van der Waals surface area contributed by atoms with Gasteiger partial charge in [0, 0.05) is 43.3 Å². The molecule has 0 atom stereocenters. The molecular weight excluding hydrogens is 425 g/mol. The van der Waals surface area contributed by atoms with Crippen LogP contribution in [0.25, 0.3) is 0 Å². The average molecular weight is 443 g/mol. The molecule has 2 aromatic rings. The summed E-state index contributed by atoms with van der Waals surface area (Å²) in [6.45, 7) is 3.00. The Morgan fingerprint density at radius 2 is 1.88 bits per heavy atom. The van der Waals surface area contributed by atoms with Crippen LogP contribution in [0.15, 0.2) is 41.0 Å². The van der Waals surface area contributed by atoms with Crippen molar-refractivity contribution in [2.24, 2.45) is 0 Å².